The predicted molar refractivity (Wildman–Crippen MR) is 25.5 cm³/mol. The van der Waals surface area contributed by atoms with E-state index in [0.29, 0.717) is 12.8 Å². The summed E-state index contributed by atoms with van der Waals surface area (Å²) < 4.78 is 35.3. The molecule has 2 aliphatic rings. The second-order valence-electron chi connectivity index (χ2n) is 2.94. The van der Waals surface area contributed by atoms with Crippen LogP contribution in [0.15, 0.2) is 0 Å². The van der Waals surface area contributed by atoms with E-state index < -0.39 is 12.1 Å². The van der Waals surface area contributed by atoms with Gasteiger partial charge in [0, 0.05) is 0 Å². The van der Waals surface area contributed by atoms with Gasteiger partial charge in [0.05, 0.1) is 5.92 Å². The normalized spacial score (nSPS) is 37.0. The lowest BCUT2D eigenvalue weighted by atomic mass is 10.3. The van der Waals surface area contributed by atoms with Crippen molar-refractivity contribution in [2.45, 2.75) is 19.0 Å². The predicted octanol–water partition coefficient (Wildman–Crippen LogP) is 2.16. The van der Waals surface area contributed by atoms with Crippen LogP contribution in [0.4, 0.5) is 13.2 Å². The van der Waals surface area contributed by atoms with E-state index in [2.05, 4.69) is 0 Å². The Morgan fingerprint density at radius 3 is 2.11 bits per heavy atom. The minimum absolute atomic E-state index is 0.349. The summed E-state index contributed by atoms with van der Waals surface area (Å²) in [5, 5.41) is 0. The Balaban J connectivity index is 2.04. The standard InChI is InChI=1S/C6H6F3/c7-6(8,9)4-3-5(4)1-2-5/h1,4H,2-3H2. The summed E-state index contributed by atoms with van der Waals surface area (Å²) in [4.78, 5) is 0. The molecule has 0 amide bonds. The number of alkyl halides is 3. The third kappa shape index (κ3) is 0.667. The van der Waals surface area contributed by atoms with E-state index >= 15 is 0 Å². The van der Waals surface area contributed by atoms with Crippen molar-refractivity contribution in [1.29, 1.82) is 0 Å². The Bertz CT molecular complexity index is 143. The molecule has 2 atom stereocenters. The van der Waals surface area contributed by atoms with Crippen LogP contribution in [0.5, 0.6) is 0 Å². The van der Waals surface area contributed by atoms with Gasteiger partial charge in [0.1, 0.15) is 0 Å². The van der Waals surface area contributed by atoms with Gasteiger partial charge < -0.3 is 0 Å². The van der Waals surface area contributed by atoms with Crippen molar-refractivity contribution in [2.75, 3.05) is 0 Å². The maximum absolute atomic E-state index is 11.8. The molecular formula is C6H6F3. The molecule has 9 heavy (non-hydrogen) atoms. The fourth-order valence-electron chi connectivity index (χ4n) is 1.35. The molecule has 2 fully saturated rings. The molecule has 0 bridgehead atoms. The lowest BCUT2D eigenvalue weighted by Gasteiger charge is -2.02. The fraction of sp³-hybridized carbons (Fsp3) is 0.833. The minimum atomic E-state index is -3.92. The largest absolute Gasteiger partial charge is 0.392 e. The van der Waals surface area contributed by atoms with Gasteiger partial charge in [-0.25, -0.2) is 0 Å². The van der Waals surface area contributed by atoms with Gasteiger partial charge in [-0.2, -0.15) is 13.2 Å². The lowest BCUT2D eigenvalue weighted by Crippen LogP contribution is -2.11. The average Bonchev–Trinajstić information content (AvgIpc) is 2.46. The van der Waals surface area contributed by atoms with Crippen molar-refractivity contribution in [3.8, 4) is 0 Å². The third-order valence-electron chi connectivity index (χ3n) is 2.24. The molecule has 0 nitrogen and oxygen atoms in total. The van der Waals surface area contributed by atoms with Gasteiger partial charge in [0.15, 0.2) is 0 Å². The van der Waals surface area contributed by atoms with Crippen LogP contribution in [0.2, 0.25) is 0 Å². The molecule has 2 unspecified atom stereocenters. The number of hydrogen-bond donors (Lipinski definition) is 0. The van der Waals surface area contributed by atoms with Crippen LogP contribution < -0.4 is 0 Å². The van der Waals surface area contributed by atoms with Crippen molar-refractivity contribution in [3.63, 3.8) is 0 Å². The van der Waals surface area contributed by atoms with Gasteiger partial charge in [-0.05, 0) is 24.7 Å². The first-order valence-corrected chi connectivity index (χ1v) is 2.96. The van der Waals surface area contributed by atoms with Crippen LogP contribution in [-0.4, -0.2) is 6.18 Å². The molecule has 0 aliphatic heterocycles. The molecule has 2 rings (SSSR count). The Morgan fingerprint density at radius 1 is 1.44 bits per heavy atom. The molecule has 3 heteroatoms. The van der Waals surface area contributed by atoms with Gasteiger partial charge in [0.25, 0.3) is 0 Å². The molecule has 0 aromatic heterocycles. The molecule has 0 aromatic carbocycles. The van der Waals surface area contributed by atoms with Crippen molar-refractivity contribution in [3.05, 3.63) is 6.42 Å². The molecule has 0 heterocycles. The smallest absolute Gasteiger partial charge is 0.171 e. The highest BCUT2D eigenvalue weighted by molar-refractivity contribution is 5.26. The zero-order valence-corrected chi connectivity index (χ0v) is 4.70. The van der Waals surface area contributed by atoms with E-state index in [1.165, 1.54) is 0 Å². The Kier molecular flexibility index (Phi) is 0.702. The van der Waals surface area contributed by atoms with Crippen molar-refractivity contribution < 1.29 is 13.2 Å². The van der Waals surface area contributed by atoms with E-state index in [1.54, 1.807) is 6.42 Å². The summed E-state index contributed by atoms with van der Waals surface area (Å²) >= 11 is 0. The summed E-state index contributed by atoms with van der Waals surface area (Å²) in [5.74, 6) is -0.981. The quantitative estimate of drug-likeness (QED) is 0.477. The van der Waals surface area contributed by atoms with Crippen LogP contribution in [0.1, 0.15) is 12.8 Å². The molecular weight excluding hydrogens is 129 g/mol. The summed E-state index contributed by atoms with van der Waals surface area (Å²) in [7, 11) is 0. The first-order valence-electron chi connectivity index (χ1n) is 2.96. The maximum Gasteiger partial charge on any atom is 0.392 e. The Hall–Kier alpha value is -0.210. The van der Waals surface area contributed by atoms with Crippen molar-refractivity contribution >= 4 is 0 Å². The van der Waals surface area contributed by atoms with Crippen LogP contribution in [0.3, 0.4) is 0 Å². The molecule has 51 valence electrons. The second-order valence-corrected chi connectivity index (χ2v) is 2.94. The van der Waals surface area contributed by atoms with E-state index in [9.17, 15) is 13.2 Å². The minimum Gasteiger partial charge on any atom is -0.171 e. The lowest BCUT2D eigenvalue weighted by molar-refractivity contribution is -0.151. The maximum atomic E-state index is 11.8. The average molecular weight is 135 g/mol. The molecule has 2 aliphatic carbocycles. The highest BCUT2D eigenvalue weighted by Gasteiger charge is 2.72. The fourth-order valence-corrected chi connectivity index (χ4v) is 1.35. The topological polar surface area (TPSA) is 0 Å². The van der Waals surface area contributed by atoms with Crippen molar-refractivity contribution in [2.24, 2.45) is 11.3 Å². The van der Waals surface area contributed by atoms with Crippen molar-refractivity contribution in [1.82, 2.24) is 0 Å². The summed E-state index contributed by atoms with van der Waals surface area (Å²) in [6, 6.07) is 0. The molecule has 2 saturated carbocycles. The van der Waals surface area contributed by atoms with Gasteiger partial charge in [0.2, 0.25) is 0 Å². The number of rotatable bonds is 0. The molecule has 0 aromatic rings. The van der Waals surface area contributed by atoms with Crippen LogP contribution in [0.25, 0.3) is 0 Å². The monoisotopic (exact) mass is 135 g/mol. The number of halogens is 3. The molecule has 0 N–H and O–H groups in total. The SMILES string of the molecule is FC(F)(F)C1CC12[CH]C2. The zero-order chi connectivity index (χ0) is 6.70. The molecule has 1 spiro atoms. The summed E-state index contributed by atoms with van der Waals surface area (Å²) in [5.41, 5.74) is -0.349. The highest BCUT2D eigenvalue weighted by atomic mass is 19.4. The Morgan fingerprint density at radius 2 is 2.00 bits per heavy atom. The van der Waals surface area contributed by atoms with E-state index in [-0.39, 0.29) is 5.41 Å². The highest BCUT2D eigenvalue weighted by Crippen LogP contribution is 2.73. The van der Waals surface area contributed by atoms with E-state index in [0.717, 1.165) is 0 Å². The summed E-state index contributed by atoms with van der Waals surface area (Å²) in [6.07, 6.45) is -1.11. The van der Waals surface area contributed by atoms with Crippen LogP contribution in [-0.2, 0) is 0 Å². The summed E-state index contributed by atoms with van der Waals surface area (Å²) in [6.45, 7) is 0. The van der Waals surface area contributed by atoms with Gasteiger partial charge in [-0.15, -0.1) is 0 Å². The number of hydrogen-bond acceptors (Lipinski definition) is 0. The first kappa shape index (κ1) is 5.57. The molecule has 0 saturated heterocycles. The van der Waals surface area contributed by atoms with Crippen LogP contribution in [0, 0.1) is 17.8 Å². The van der Waals surface area contributed by atoms with Gasteiger partial charge >= 0.3 is 6.18 Å². The second kappa shape index (κ2) is 1.13. The molecule has 1 radical (unpaired) electrons. The van der Waals surface area contributed by atoms with Gasteiger partial charge in [-0.1, -0.05) is 0 Å². The zero-order valence-electron chi connectivity index (χ0n) is 4.70. The van der Waals surface area contributed by atoms with E-state index in [1.807, 2.05) is 0 Å². The van der Waals surface area contributed by atoms with E-state index in [4.69, 9.17) is 0 Å². The van der Waals surface area contributed by atoms with Crippen LogP contribution >= 0.6 is 0 Å². The third-order valence-corrected chi connectivity index (χ3v) is 2.24. The first-order chi connectivity index (χ1) is 4.05. The Labute approximate surface area is 51.0 Å². The van der Waals surface area contributed by atoms with Gasteiger partial charge in [-0.3, -0.25) is 0 Å².